The number of halogens is 1. The minimum Gasteiger partial charge on any atom is -0.337 e. The zero-order valence-electron chi connectivity index (χ0n) is 13.9. The summed E-state index contributed by atoms with van der Waals surface area (Å²) in [4.78, 5) is 15.6. The molecule has 1 aromatic heterocycles. The number of hydrogen-bond donors (Lipinski definition) is 0. The highest BCUT2D eigenvalue weighted by atomic mass is 32.1. The number of thiophene rings is 1. The number of benzene rings is 2. The van der Waals surface area contributed by atoms with Crippen LogP contribution >= 0.6 is 11.3 Å². The molecule has 2 nitrogen and oxygen atoms in total. The lowest BCUT2D eigenvalue weighted by Gasteiger charge is -2.19. The van der Waals surface area contributed by atoms with Crippen molar-refractivity contribution >= 4 is 28.9 Å². The molecule has 0 N–H and O–H groups in total. The largest absolute Gasteiger partial charge is 0.337 e. The molecule has 3 rings (SSSR count). The molecule has 0 unspecified atom stereocenters. The monoisotopic (exact) mass is 351 g/mol. The first kappa shape index (κ1) is 17.1. The summed E-state index contributed by atoms with van der Waals surface area (Å²) in [5.74, 6) is -0.349. The second-order valence-electron chi connectivity index (χ2n) is 5.73. The molecule has 0 aliphatic heterocycles. The fraction of sp³-hybridized carbons (Fsp3) is 0.0952. The van der Waals surface area contributed by atoms with Crippen LogP contribution < -0.4 is 0 Å². The van der Waals surface area contributed by atoms with Crippen LogP contribution in [0.25, 0.3) is 11.6 Å². The molecule has 0 aliphatic carbocycles. The van der Waals surface area contributed by atoms with Gasteiger partial charge in [-0.3, -0.25) is 4.79 Å². The normalized spacial score (nSPS) is 11.4. The van der Waals surface area contributed by atoms with Gasteiger partial charge in [-0.2, -0.15) is 0 Å². The van der Waals surface area contributed by atoms with Gasteiger partial charge in [-0.15, -0.1) is 11.3 Å². The summed E-state index contributed by atoms with van der Waals surface area (Å²) >= 11 is 1.52. The van der Waals surface area contributed by atoms with Crippen molar-refractivity contribution in [1.82, 2.24) is 4.90 Å². The predicted molar refractivity (Wildman–Crippen MR) is 102 cm³/mol. The summed E-state index contributed by atoms with van der Waals surface area (Å²) < 4.78 is 13.1. The Hall–Kier alpha value is -2.72. The van der Waals surface area contributed by atoms with E-state index in [4.69, 9.17) is 0 Å². The van der Waals surface area contributed by atoms with Crippen molar-refractivity contribution in [2.75, 3.05) is 7.05 Å². The van der Waals surface area contributed by atoms with Crippen molar-refractivity contribution in [2.45, 2.75) is 6.54 Å². The Morgan fingerprint density at radius 2 is 1.76 bits per heavy atom. The van der Waals surface area contributed by atoms with Gasteiger partial charge in [0.05, 0.1) is 5.57 Å². The molecule has 25 heavy (non-hydrogen) atoms. The first-order valence-electron chi connectivity index (χ1n) is 7.94. The fourth-order valence-electron chi connectivity index (χ4n) is 2.53. The lowest BCUT2D eigenvalue weighted by atomic mass is 10.1. The maximum atomic E-state index is 13.1. The van der Waals surface area contributed by atoms with Crippen LogP contribution in [0.1, 0.15) is 16.0 Å². The molecule has 1 amide bonds. The molecule has 0 saturated carbocycles. The van der Waals surface area contributed by atoms with Crippen LogP contribution in [0.15, 0.2) is 72.1 Å². The Balaban J connectivity index is 1.89. The third kappa shape index (κ3) is 4.43. The summed E-state index contributed by atoms with van der Waals surface area (Å²) in [6, 6.07) is 19.9. The van der Waals surface area contributed by atoms with Gasteiger partial charge in [0.15, 0.2) is 0 Å². The van der Waals surface area contributed by atoms with Crippen molar-refractivity contribution in [3.63, 3.8) is 0 Å². The molecule has 0 atom stereocenters. The summed E-state index contributed by atoms with van der Waals surface area (Å²) in [5, 5.41) is 1.94. The molecule has 3 aromatic rings. The highest BCUT2D eigenvalue weighted by Crippen LogP contribution is 2.25. The van der Waals surface area contributed by atoms with Gasteiger partial charge in [-0.05, 0) is 40.8 Å². The first-order valence-corrected chi connectivity index (χ1v) is 8.82. The average molecular weight is 351 g/mol. The van der Waals surface area contributed by atoms with Crippen molar-refractivity contribution in [3.8, 4) is 0 Å². The van der Waals surface area contributed by atoms with Gasteiger partial charge in [0.2, 0.25) is 0 Å². The zero-order chi connectivity index (χ0) is 17.6. The van der Waals surface area contributed by atoms with E-state index < -0.39 is 0 Å². The standard InChI is InChI=1S/C21H18FNOS/c1-23(15-17-6-3-2-4-7-17)21(24)19(20-8-5-13-25-20)14-16-9-11-18(22)12-10-16/h2-14H,15H2,1H3/b19-14+. The molecule has 126 valence electrons. The van der Waals surface area contributed by atoms with E-state index in [1.165, 1.54) is 23.5 Å². The van der Waals surface area contributed by atoms with Gasteiger partial charge in [0.1, 0.15) is 5.82 Å². The van der Waals surface area contributed by atoms with E-state index in [1.54, 1.807) is 24.1 Å². The SMILES string of the molecule is CN(Cc1ccccc1)C(=O)/C(=C/c1ccc(F)cc1)c1cccs1. The third-order valence-corrected chi connectivity index (χ3v) is 4.71. The number of nitrogens with zero attached hydrogens (tertiary/aromatic N) is 1. The molecule has 2 aromatic carbocycles. The number of hydrogen-bond acceptors (Lipinski definition) is 2. The van der Waals surface area contributed by atoms with E-state index in [1.807, 2.05) is 53.9 Å². The van der Waals surface area contributed by atoms with Crippen molar-refractivity contribution < 1.29 is 9.18 Å². The number of amides is 1. The van der Waals surface area contributed by atoms with Gasteiger partial charge in [-0.25, -0.2) is 4.39 Å². The lowest BCUT2D eigenvalue weighted by molar-refractivity contribution is -0.124. The lowest BCUT2D eigenvalue weighted by Crippen LogP contribution is -2.26. The number of likely N-dealkylation sites (N-methyl/N-ethyl adjacent to an activating group) is 1. The number of carbonyl (C=O) groups is 1. The van der Waals surface area contributed by atoms with Crippen molar-refractivity contribution in [2.24, 2.45) is 0 Å². The van der Waals surface area contributed by atoms with E-state index >= 15 is 0 Å². The van der Waals surface area contributed by atoms with E-state index in [0.29, 0.717) is 12.1 Å². The molecular formula is C21H18FNOS. The van der Waals surface area contributed by atoms with Gasteiger partial charge < -0.3 is 4.90 Å². The molecule has 0 fully saturated rings. The summed E-state index contributed by atoms with van der Waals surface area (Å²) in [5.41, 5.74) is 2.48. The minimum atomic E-state index is -0.289. The van der Waals surface area contributed by atoms with Crippen molar-refractivity contribution in [1.29, 1.82) is 0 Å². The molecule has 0 aliphatic rings. The second kappa shape index (κ2) is 7.90. The molecule has 0 bridgehead atoms. The Labute approximate surface area is 150 Å². The van der Waals surface area contributed by atoms with Crippen LogP contribution in [-0.2, 0) is 11.3 Å². The van der Waals surface area contributed by atoms with Gasteiger partial charge in [0, 0.05) is 18.5 Å². The molecular weight excluding hydrogens is 333 g/mol. The third-order valence-electron chi connectivity index (χ3n) is 3.81. The zero-order valence-corrected chi connectivity index (χ0v) is 14.7. The van der Waals surface area contributed by atoms with E-state index in [0.717, 1.165) is 16.0 Å². The quantitative estimate of drug-likeness (QED) is 0.587. The number of carbonyl (C=O) groups excluding carboxylic acids is 1. The Morgan fingerprint density at radius 3 is 2.40 bits per heavy atom. The van der Waals surface area contributed by atoms with Gasteiger partial charge in [-0.1, -0.05) is 48.5 Å². The highest BCUT2D eigenvalue weighted by molar-refractivity contribution is 7.11. The minimum absolute atomic E-state index is 0.0596. The van der Waals surface area contributed by atoms with Crippen LogP contribution in [0.4, 0.5) is 4.39 Å². The van der Waals surface area contributed by atoms with E-state index in [2.05, 4.69) is 0 Å². The van der Waals surface area contributed by atoms with E-state index in [9.17, 15) is 9.18 Å². The topological polar surface area (TPSA) is 20.3 Å². The predicted octanol–water partition coefficient (Wildman–Crippen LogP) is 5.09. The number of rotatable bonds is 5. The van der Waals surface area contributed by atoms with Crippen molar-refractivity contribution in [3.05, 3.63) is 93.9 Å². The Morgan fingerprint density at radius 1 is 1.04 bits per heavy atom. The van der Waals surface area contributed by atoms with Crippen LogP contribution in [0, 0.1) is 5.82 Å². The smallest absolute Gasteiger partial charge is 0.255 e. The highest BCUT2D eigenvalue weighted by Gasteiger charge is 2.18. The molecule has 0 spiro atoms. The van der Waals surface area contributed by atoms with Crippen LogP contribution in [0.3, 0.4) is 0 Å². The van der Waals surface area contributed by atoms with Gasteiger partial charge in [0.25, 0.3) is 5.91 Å². The fourth-order valence-corrected chi connectivity index (χ4v) is 3.26. The second-order valence-corrected chi connectivity index (χ2v) is 6.68. The molecule has 0 saturated heterocycles. The Kier molecular flexibility index (Phi) is 5.41. The molecule has 1 heterocycles. The van der Waals surface area contributed by atoms with Crippen LogP contribution in [0.5, 0.6) is 0 Å². The summed E-state index contributed by atoms with van der Waals surface area (Å²) in [6.07, 6.45) is 1.81. The Bertz CT molecular complexity index is 855. The van der Waals surface area contributed by atoms with Crippen LogP contribution in [0.2, 0.25) is 0 Å². The average Bonchev–Trinajstić information content (AvgIpc) is 3.16. The summed E-state index contributed by atoms with van der Waals surface area (Å²) in [6.45, 7) is 0.534. The molecule has 0 radical (unpaired) electrons. The van der Waals surface area contributed by atoms with E-state index in [-0.39, 0.29) is 11.7 Å². The maximum absolute atomic E-state index is 13.1. The maximum Gasteiger partial charge on any atom is 0.255 e. The first-order chi connectivity index (χ1) is 12.1. The van der Waals surface area contributed by atoms with Crippen LogP contribution in [-0.4, -0.2) is 17.9 Å². The summed E-state index contributed by atoms with van der Waals surface area (Å²) in [7, 11) is 1.79. The molecule has 4 heteroatoms. The van der Waals surface area contributed by atoms with Gasteiger partial charge >= 0.3 is 0 Å².